The average molecular weight is 677 g/mol. The highest BCUT2D eigenvalue weighted by atomic mass is 32.2. The van der Waals surface area contributed by atoms with Crippen molar-refractivity contribution in [1.29, 1.82) is 0 Å². The number of morpholine rings is 1. The number of piperidine rings is 1. The molecule has 0 radical (unpaired) electrons. The molecule has 3 heterocycles. The summed E-state index contributed by atoms with van der Waals surface area (Å²) >= 11 is 0. The Labute approximate surface area is 264 Å². The van der Waals surface area contributed by atoms with Crippen LogP contribution in [0.25, 0.3) is 0 Å². The molecular formula is C29H39F3N4O9S. The largest absolute Gasteiger partial charge is 0.497 e. The molecule has 1 aromatic carbocycles. The number of nitrogens with zero attached hydrogens (tertiary/aromatic N) is 4. The van der Waals surface area contributed by atoms with E-state index in [9.17, 15) is 31.5 Å². The molecule has 256 valence electrons. The van der Waals surface area contributed by atoms with E-state index in [0.717, 1.165) is 25.9 Å². The molecule has 5 rings (SSSR count). The summed E-state index contributed by atoms with van der Waals surface area (Å²) in [6.07, 6.45) is -1.29. The van der Waals surface area contributed by atoms with E-state index in [1.165, 1.54) is 10.6 Å². The van der Waals surface area contributed by atoms with Crippen LogP contribution in [0.5, 0.6) is 5.75 Å². The third-order valence-corrected chi connectivity index (χ3v) is 10.3. The molecule has 0 bridgehead atoms. The molecule has 2 N–H and O–H groups in total. The minimum absolute atomic E-state index is 0.0511. The molecule has 13 nitrogen and oxygen atoms in total. The Morgan fingerprint density at radius 2 is 1.67 bits per heavy atom. The number of aliphatic hydroxyl groups is 1. The lowest BCUT2D eigenvalue weighted by atomic mass is 9.90. The summed E-state index contributed by atoms with van der Waals surface area (Å²) in [6.45, 7) is 7.83. The molecule has 0 unspecified atom stereocenters. The average Bonchev–Trinajstić information content (AvgIpc) is 3.71. The number of aromatic nitrogens is 1. The number of aryl methyl sites for hydroxylation is 2. The van der Waals surface area contributed by atoms with Crippen molar-refractivity contribution < 1.29 is 55.3 Å². The van der Waals surface area contributed by atoms with Gasteiger partial charge in [0.15, 0.2) is 5.69 Å². The van der Waals surface area contributed by atoms with Crippen molar-refractivity contribution in [1.82, 2.24) is 19.1 Å². The van der Waals surface area contributed by atoms with E-state index in [1.807, 2.05) is 0 Å². The molecule has 1 saturated carbocycles. The van der Waals surface area contributed by atoms with Gasteiger partial charge in [0.1, 0.15) is 12.0 Å². The first-order valence-electron chi connectivity index (χ1n) is 14.8. The fraction of sp³-hybridized carbons (Fsp3) is 0.621. The monoisotopic (exact) mass is 676 g/mol. The van der Waals surface area contributed by atoms with Crippen LogP contribution in [0, 0.1) is 13.8 Å². The van der Waals surface area contributed by atoms with Crippen molar-refractivity contribution in [2.75, 3.05) is 53.0 Å². The van der Waals surface area contributed by atoms with Gasteiger partial charge in [-0.15, -0.1) is 0 Å². The number of hydrogen-bond acceptors (Lipinski definition) is 10. The zero-order chi connectivity index (χ0) is 33.9. The second-order valence-electron chi connectivity index (χ2n) is 11.7. The molecule has 17 heteroatoms. The number of benzene rings is 1. The second kappa shape index (κ2) is 14.3. The number of likely N-dealkylation sites (tertiary alicyclic amines) is 1. The minimum atomic E-state index is -5.08. The van der Waals surface area contributed by atoms with Crippen molar-refractivity contribution in [3.63, 3.8) is 0 Å². The first kappa shape index (κ1) is 35.6. The lowest BCUT2D eigenvalue weighted by Gasteiger charge is -2.41. The van der Waals surface area contributed by atoms with Gasteiger partial charge >= 0.3 is 12.1 Å². The van der Waals surface area contributed by atoms with Crippen molar-refractivity contribution in [3.05, 3.63) is 41.1 Å². The maximum Gasteiger partial charge on any atom is 0.490 e. The maximum atomic E-state index is 13.8. The first-order chi connectivity index (χ1) is 21.5. The van der Waals surface area contributed by atoms with Crippen LogP contribution in [0.1, 0.15) is 53.2 Å². The molecule has 3 fully saturated rings. The highest BCUT2D eigenvalue weighted by molar-refractivity contribution is 7.89. The molecule has 1 aromatic heterocycles. The number of β-amino-alcohol motifs (C(OH)–C–C–N with tert-alkyl or cyclic N) is 1. The molecule has 1 aliphatic carbocycles. The van der Waals surface area contributed by atoms with Crippen molar-refractivity contribution in [2.24, 2.45) is 0 Å². The normalized spacial score (nSPS) is 19.0. The Morgan fingerprint density at radius 3 is 2.17 bits per heavy atom. The quantitative estimate of drug-likeness (QED) is 0.402. The van der Waals surface area contributed by atoms with Crippen LogP contribution >= 0.6 is 0 Å². The maximum absolute atomic E-state index is 13.8. The topological polar surface area (TPSA) is 163 Å². The van der Waals surface area contributed by atoms with Crippen molar-refractivity contribution in [2.45, 2.75) is 68.8 Å². The molecule has 2 aromatic rings. The van der Waals surface area contributed by atoms with Gasteiger partial charge in [-0.1, -0.05) is 0 Å². The summed E-state index contributed by atoms with van der Waals surface area (Å²) < 4.78 is 77.0. The van der Waals surface area contributed by atoms with Crippen LogP contribution in [0.15, 0.2) is 27.7 Å². The molecule has 0 atom stereocenters. The number of alkyl halides is 3. The van der Waals surface area contributed by atoms with Gasteiger partial charge in [0.25, 0.3) is 5.91 Å². The molecule has 0 spiro atoms. The Bertz CT molecular complexity index is 1470. The number of amides is 1. The van der Waals surface area contributed by atoms with E-state index in [1.54, 1.807) is 38.0 Å². The van der Waals surface area contributed by atoms with E-state index in [0.29, 0.717) is 62.6 Å². The SMILES string of the molecule is COc1cc(C)c(S(=O)(=O)N(Cc2nc(C(=O)N3CCC(O)(CN4CCOCC4)CC3)co2)C2CC2)c(C)c1.O=C(O)C(F)(F)F. The van der Waals surface area contributed by atoms with Crippen molar-refractivity contribution >= 4 is 21.9 Å². The summed E-state index contributed by atoms with van der Waals surface area (Å²) in [5.74, 6) is -2.25. The van der Waals surface area contributed by atoms with Gasteiger partial charge < -0.3 is 29.0 Å². The number of oxazole rings is 1. The highest BCUT2D eigenvalue weighted by Crippen LogP contribution is 2.36. The fourth-order valence-electron chi connectivity index (χ4n) is 5.56. The minimum Gasteiger partial charge on any atom is -0.497 e. The standard InChI is InChI=1S/C27H38N4O7S.C2HF3O2/c1-19-14-22(36-3)15-20(2)25(19)39(34,35)31(21-4-5-21)16-24-28-23(17-38-24)26(32)30-8-6-27(33,7-9-30)18-29-10-12-37-13-11-29;3-2(4,5)1(6)7/h14-15,17,21,33H,4-13,16,18H2,1-3H3;(H,6,7). The third kappa shape index (κ3) is 8.76. The summed E-state index contributed by atoms with van der Waals surface area (Å²) in [4.78, 5) is 30.6. The molecule has 1 amide bonds. The molecule has 2 saturated heterocycles. The number of rotatable bonds is 9. The molecule has 2 aliphatic heterocycles. The van der Waals surface area contributed by atoms with E-state index < -0.39 is 27.8 Å². The number of hydrogen-bond donors (Lipinski definition) is 2. The summed E-state index contributed by atoms with van der Waals surface area (Å²) in [5, 5.41) is 18.2. The van der Waals surface area contributed by atoms with Gasteiger partial charge in [0.05, 0.1) is 37.4 Å². The van der Waals surface area contributed by atoms with Crippen LogP contribution in [0.2, 0.25) is 0 Å². The van der Waals surface area contributed by atoms with E-state index in [4.69, 9.17) is 23.8 Å². The Hall–Kier alpha value is -3.25. The lowest BCUT2D eigenvalue weighted by Crippen LogP contribution is -2.53. The van der Waals surface area contributed by atoms with Gasteiger partial charge in [0, 0.05) is 38.8 Å². The zero-order valence-electron chi connectivity index (χ0n) is 25.9. The molecule has 46 heavy (non-hydrogen) atoms. The van der Waals surface area contributed by atoms with E-state index in [2.05, 4.69) is 9.88 Å². The Morgan fingerprint density at radius 1 is 1.11 bits per heavy atom. The predicted molar refractivity (Wildman–Crippen MR) is 156 cm³/mol. The predicted octanol–water partition coefficient (Wildman–Crippen LogP) is 2.59. The summed E-state index contributed by atoms with van der Waals surface area (Å²) in [6, 6.07) is 3.30. The highest BCUT2D eigenvalue weighted by Gasteiger charge is 2.41. The second-order valence-corrected chi connectivity index (χ2v) is 13.5. The number of carboxylic acid groups (broad SMARTS) is 1. The first-order valence-corrected chi connectivity index (χ1v) is 16.2. The lowest BCUT2D eigenvalue weighted by molar-refractivity contribution is -0.192. The molecule has 3 aliphatic rings. The molecular weight excluding hydrogens is 637 g/mol. The summed E-state index contributed by atoms with van der Waals surface area (Å²) in [7, 11) is -2.28. The van der Waals surface area contributed by atoms with Crippen LogP contribution in [0.4, 0.5) is 13.2 Å². The number of ether oxygens (including phenoxy) is 2. The van der Waals surface area contributed by atoms with E-state index >= 15 is 0 Å². The number of sulfonamides is 1. The van der Waals surface area contributed by atoms with Crippen LogP contribution in [0.3, 0.4) is 0 Å². The fourth-order valence-corrected chi connectivity index (χ4v) is 7.61. The van der Waals surface area contributed by atoms with Crippen LogP contribution < -0.4 is 4.74 Å². The summed E-state index contributed by atoms with van der Waals surface area (Å²) in [5.41, 5.74) is 0.535. The number of carboxylic acids is 1. The smallest absolute Gasteiger partial charge is 0.490 e. The number of carbonyl (C=O) groups is 2. The van der Waals surface area contributed by atoms with E-state index in [-0.39, 0.29) is 35.0 Å². The number of carbonyl (C=O) groups excluding carboxylic acids is 1. The van der Waals surface area contributed by atoms with Gasteiger partial charge in [-0.3, -0.25) is 9.69 Å². The van der Waals surface area contributed by atoms with Gasteiger partial charge in [-0.2, -0.15) is 17.5 Å². The third-order valence-electron chi connectivity index (χ3n) is 8.10. The van der Waals surface area contributed by atoms with Crippen LogP contribution in [-0.2, 0) is 26.1 Å². The Balaban J connectivity index is 0.000000617. The number of aliphatic carboxylic acids is 1. The zero-order valence-corrected chi connectivity index (χ0v) is 26.7. The van der Waals surface area contributed by atoms with Gasteiger partial charge in [-0.05, 0) is 62.8 Å². The van der Waals surface area contributed by atoms with Gasteiger partial charge in [0.2, 0.25) is 15.9 Å². The number of methoxy groups -OCH3 is 1. The van der Waals surface area contributed by atoms with Crippen molar-refractivity contribution in [3.8, 4) is 5.75 Å². The van der Waals surface area contributed by atoms with Gasteiger partial charge in [-0.25, -0.2) is 18.2 Å². The number of halogens is 3. The Kier molecular flexibility index (Phi) is 11.0. The van der Waals surface area contributed by atoms with Crippen LogP contribution in [-0.4, -0.2) is 120 Å².